The number of nitrogens with one attached hydrogen (secondary N) is 2. The van der Waals surface area contributed by atoms with E-state index in [2.05, 4.69) is 61.0 Å². The SMILES string of the molecule is CNCC1(CNc2ccc3cc(C)ccc3c2)CCC1. The normalized spacial score (nSPS) is 16.9. The van der Waals surface area contributed by atoms with Crippen LogP contribution >= 0.6 is 0 Å². The number of aryl methyl sites for hydroxylation is 1. The van der Waals surface area contributed by atoms with Gasteiger partial charge in [0.1, 0.15) is 0 Å². The largest absolute Gasteiger partial charge is 0.384 e. The maximum absolute atomic E-state index is 3.64. The second kappa shape index (κ2) is 5.45. The Morgan fingerprint density at radius 1 is 1.00 bits per heavy atom. The predicted molar refractivity (Wildman–Crippen MR) is 87.4 cm³/mol. The molecule has 2 nitrogen and oxygen atoms in total. The number of rotatable bonds is 5. The zero-order valence-corrected chi connectivity index (χ0v) is 12.5. The average Bonchev–Trinajstić information content (AvgIpc) is 2.41. The molecule has 1 fully saturated rings. The lowest BCUT2D eigenvalue weighted by molar-refractivity contribution is 0.151. The fourth-order valence-electron chi connectivity index (χ4n) is 3.23. The molecule has 0 spiro atoms. The van der Waals surface area contributed by atoms with Crippen molar-refractivity contribution in [3.8, 4) is 0 Å². The van der Waals surface area contributed by atoms with Gasteiger partial charge in [0.15, 0.2) is 0 Å². The Kier molecular flexibility index (Phi) is 3.66. The number of hydrogen-bond donors (Lipinski definition) is 2. The minimum absolute atomic E-state index is 0.469. The van der Waals surface area contributed by atoms with Gasteiger partial charge in [-0.3, -0.25) is 0 Å². The van der Waals surface area contributed by atoms with Crippen LogP contribution in [0.2, 0.25) is 0 Å². The highest BCUT2D eigenvalue weighted by Crippen LogP contribution is 2.40. The van der Waals surface area contributed by atoms with Crippen LogP contribution < -0.4 is 10.6 Å². The number of fused-ring (bicyclic) bond motifs is 1. The molecular formula is C18H24N2. The van der Waals surface area contributed by atoms with Crippen LogP contribution in [0.25, 0.3) is 10.8 Å². The van der Waals surface area contributed by atoms with E-state index in [9.17, 15) is 0 Å². The first-order valence-corrected chi connectivity index (χ1v) is 7.60. The van der Waals surface area contributed by atoms with Gasteiger partial charge < -0.3 is 10.6 Å². The summed E-state index contributed by atoms with van der Waals surface area (Å²) in [5.74, 6) is 0. The molecule has 20 heavy (non-hydrogen) atoms. The van der Waals surface area contributed by atoms with Crippen LogP contribution in [0.15, 0.2) is 36.4 Å². The highest BCUT2D eigenvalue weighted by Gasteiger charge is 2.35. The van der Waals surface area contributed by atoms with E-state index < -0.39 is 0 Å². The van der Waals surface area contributed by atoms with E-state index in [4.69, 9.17) is 0 Å². The molecule has 2 aromatic carbocycles. The van der Waals surface area contributed by atoms with Crippen molar-refractivity contribution in [2.45, 2.75) is 26.2 Å². The third-order valence-electron chi connectivity index (χ3n) is 4.63. The standard InChI is InChI=1S/C18H24N2/c1-14-4-5-16-11-17(7-6-15(16)10-14)20-13-18(12-19-2)8-3-9-18/h4-7,10-11,19-20H,3,8-9,12-13H2,1-2H3. The fraction of sp³-hybridized carbons (Fsp3) is 0.444. The van der Waals surface area contributed by atoms with E-state index in [1.165, 1.54) is 41.3 Å². The lowest BCUT2D eigenvalue weighted by atomic mass is 9.68. The van der Waals surface area contributed by atoms with Gasteiger partial charge in [0.05, 0.1) is 0 Å². The Morgan fingerprint density at radius 2 is 1.75 bits per heavy atom. The first-order chi connectivity index (χ1) is 9.71. The van der Waals surface area contributed by atoms with Crippen LogP contribution in [-0.2, 0) is 0 Å². The summed E-state index contributed by atoms with van der Waals surface area (Å²) >= 11 is 0. The first-order valence-electron chi connectivity index (χ1n) is 7.60. The van der Waals surface area contributed by atoms with Gasteiger partial charge in [-0.1, -0.05) is 36.2 Å². The van der Waals surface area contributed by atoms with E-state index in [1.54, 1.807) is 0 Å². The Balaban J connectivity index is 1.73. The molecule has 106 valence electrons. The summed E-state index contributed by atoms with van der Waals surface area (Å²) in [5, 5.41) is 9.62. The van der Waals surface area contributed by atoms with E-state index in [-0.39, 0.29) is 0 Å². The summed E-state index contributed by atoms with van der Waals surface area (Å²) < 4.78 is 0. The lowest BCUT2D eigenvalue weighted by Crippen LogP contribution is -2.44. The van der Waals surface area contributed by atoms with Crippen LogP contribution in [0.1, 0.15) is 24.8 Å². The van der Waals surface area contributed by atoms with Gasteiger partial charge in [0.25, 0.3) is 0 Å². The molecule has 0 aromatic heterocycles. The topological polar surface area (TPSA) is 24.1 Å². The molecule has 1 aliphatic rings. The van der Waals surface area contributed by atoms with Gasteiger partial charge in [-0.15, -0.1) is 0 Å². The first kappa shape index (κ1) is 13.4. The van der Waals surface area contributed by atoms with Crippen molar-refractivity contribution in [1.82, 2.24) is 5.32 Å². The van der Waals surface area contributed by atoms with Gasteiger partial charge in [0.2, 0.25) is 0 Å². The summed E-state index contributed by atoms with van der Waals surface area (Å²) in [6.07, 6.45) is 4.06. The second-order valence-electron chi connectivity index (χ2n) is 6.30. The van der Waals surface area contributed by atoms with Gasteiger partial charge in [0, 0.05) is 24.2 Å². The summed E-state index contributed by atoms with van der Waals surface area (Å²) in [6, 6.07) is 13.3. The van der Waals surface area contributed by atoms with Crippen molar-refractivity contribution < 1.29 is 0 Å². The van der Waals surface area contributed by atoms with Crippen molar-refractivity contribution in [2.75, 3.05) is 25.5 Å². The Hall–Kier alpha value is -1.54. The predicted octanol–water partition coefficient (Wildman–Crippen LogP) is 3.95. The van der Waals surface area contributed by atoms with Crippen LogP contribution in [0, 0.1) is 12.3 Å². The highest BCUT2D eigenvalue weighted by atomic mass is 14.9. The maximum Gasteiger partial charge on any atom is 0.0346 e. The smallest absolute Gasteiger partial charge is 0.0346 e. The quantitative estimate of drug-likeness (QED) is 0.858. The summed E-state index contributed by atoms with van der Waals surface area (Å²) in [5.41, 5.74) is 3.03. The lowest BCUT2D eigenvalue weighted by Gasteiger charge is -2.42. The average molecular weight is 268 g/mol. The van der Waals surface area contributed by atoms with E-state index >= 15 is 0 Å². The van der Waals surface area contributed by atoms with Gasteiger partial charge in [-0.25, -0.2) is 0 Å². The minimum atomic E-state index is 0.469. The molecule has 2 N–H and O–H groups in total. The fourth-order valence-corrected chi connectivity index (χ4v) is 3.23. The van der Waals surface area contributed by atoms with E-state index in [1.807, 2.05) is 0 Å². The van der Waals surface area contributed by atoms with Gasteiger partial charge >= 0.3 is 0 Å². The molecule has 1 aliphatic carbocycles. The monoisotopic (exact) mass is 268 g/mol. The molecule has 2 heteroatoms. The number of anilines is 1. The molecule has 0 radical (unpaired) electrons. The zero-order chi connectivity index (χ0) is 14.0. The summed E-state index contributed by atoms with van der Waals surface area (Å²) in [7, 11) is 2.05. The molecule has 0 heterocycles. The molecular weight excluding hydrogens is 244 g/mol. The van der Waals surface area contributed by atoms with Crippen molar-refractivity contribution in [3.05, 3.63) is 42.0 Å². The van der Waals surface area contributed by atoms with E-state index in [0.29, 0.717) is 5.41 Å². The van der Waals surface area contributed by atoms with Crippen molar-refractivity contribution >= 4 is 16.5 Å². The molecule has 0 amide bonds. The molecule has 0 aliphatic heterocycles. The van der Waals surface area contributed by atoms with Crippen molar-refractivity contribution in [1.29, 1.82) is 0 Å². The summed E-state index contributed by atoms with van der Waals surface area (Å²) in [4.78, 5) is 0. The Labute approximate surface area is 121 Å². The van der Waals surface area contributed by atoms with Crippen LogP contribution in [0.5, 0.6) is 0 Å². The Bertz CT molecular complexity index is 599. The third kappa shape index (κ3) is 2.66. The molecule has 0 atom stereocenters. The van der Waals surface area contributed by atoms with Gasteiger partial charge in [-0.05, 0) is 49.7 Å². The molecule has 1 saturated carbocycles. The van der Waals surface area contributed by atoms with Gasteiger partial charge in [-0.2, -0.15) is 0 Å². The van der Waals surface area contributed by atoms with Crippen molar-refractivity contribution in [3.63, 3.8) is 0 Å². The van der Waals surface area contributed by atoms with E-state index in [0.717, 1.165) is 13.1 Å². The zero-order valence-electron chi connectivity index (χ0n) is 12.5. The number of benzene rings is 2. The highest BCUT2D eigenvalue weighted by molar-refractivity contribution is 5.86. The molecule has 3 rings (SSSR count). The number of hydrogen-bond acceptors (Lipinski definition) is 2. The minimum Gasteiger partial charge on any atom is -0.384 e. The maximum atomic E-state index is 3.64. The summed E-state index contributed by atoms with van der Waals surface area (Å²) in [6.45, 7) is 4.34. The van der Waals surface area contributed by atoms with Crippen LogP contribution in [-0.4, -0.2) is 20.1 Å². The molecule has 0 unspecified atom stereocenters. The van der Waals surface area contributed by atoms with Crippen molar-refractivity contribution in [2.24, 2.45) is 5.41 Å². The second-order valence-corrected chi connectivity index (χ2v) is 6.30. The molecule has 0 saturated heterocycles. The third-order valence-corrected chi connectivity index (χ3v) is 4.63. The van der Waals surface area contributed by atoms with Crippen LogP contribution in [0.3, 0.4) is 0 Å². The Morgan fingerprint density at radius 3 is 2.45 bits per heavy atom. The van der Waals surface area contributed by atoms with Crippen LogP contribution in [0.4, 0.5) is 5.69 Å². The molecule has 2 aromatic rings. The molecule has 0 bridgehead atoms.